The van der Waals surface area contributed by atoms with Crippen LogP contribution >= 0.6 is 0 Å². The number of hydrogen-bond donors (Lipinski definition) is 1. The predicted molar refractivity (Wildman–Crippen MR) is 117 cm³/mol. The second-order valence-electron chi connectivity index (χ2n) is 9.26. The van der Waals surface area contributed by atoms with Gasteiger partial charge in [0.2, 0.25) is 0 Å². The highest BCUT2D eigenvalue weighted by atomic mass is 16.3. The lowest BCUT2D eigenvalue weighted by molar-refractivity contribution is 0.0386. The van der Waals surface area contributed by atoms with Gasteiger partial charge >= 0.3 is 0 Å². The van der Waals surface area contributed by atoms with E-state index in [-0.39, 0.29) is 0 Å². The molecule has 1 N–H and O–H groups in total. The summed E-state index contributed by atoms with van der Waals surface area (Å²) in [5.41, 5.74) is 6.40. The van der Waals surface area contributed by atoms with Crippen LogP contribution in [0.5, 0.6) is 0 Å². The van der Waals surface area contributed by atoms with Crippen LogP contribution in [-0.2, 0) is 25.0 Å². The van der Waals surface area contributed by atoms with Gasteiger partial charge in [-0.3, -0.25) is 9.88 Å². The van der Waals surface area contributed by atoms with Crippen molar-refractivity contribution in [1.82, 2.24) is 14.5 Å². The number of rotatable bonds is 4. The van der Waals surface area contributed by atoms with Crippen LogP contribution in [0.1, 0.15) is 47.8 Å². The van der Waals surface area contributed by atoms with Crippen molar-refractivity contribution in [2.75, 3.05) is 13.1 Å². The van der Waals surface area contributed by atoms with Gasteiger partial charge < -0.3 is 9.67 Å². The third kappa shape index (κ3) is 3.49. The Kier molecular flexibility index (Phi) is 4.52. The number of aryl methyl sites for hydroxylation is 2. The summed E-state index contributed by atoms with van der Waals surface area (Å²) in [6.07, 6.45) is 6.69. The van der Waals surface area contributed by atoms with Crippen LogP contribution in [0.2, 0.25) is 0 Å². The van der Waals surface area contributed by atoms with E-state index in [9.17, 15) is 5.11 Å². The number of fused-ring (bicyclic) bond motifs is 3. The second kappa shape index (κ2) is 6.96. The smallest absolute Gasteiger partial charge is 0.105 e. The van der Waals surface area contributed by atoms with Gasteiger partial charge in [0, 0.05) is 54.0 Å². The number of benzene rings is 1. The van der Waals surface area contributed by atoms with E-state index in [4.69, 9.17) is 0 Å². The molecule has 1 aromatic carbocycles. The Morgan fingerprint density at radius 2 is 1.90 bits per heavy atom. The van der Waals surface area contributed by atoms with E-state index < -0.39 is 5.60 Å². The molecule has 1 saturated carbocycles. The average Bonchev–Trinajstić information content (AvgIpc) is 3.50. The standard InChI is InChI=1S/C25H31N3O/c1-17-4-7-23-22(14-17)21-9-12-27(20-5-6-20)13-10-24(21)28(23)16-25(3,29)19-8-11-26-18(2)15-19/h4,7-8,11,14-15,20,29H,5-6,9-10,12-13,16H2,1-3H3. The predicted octanol–water partition coefficient (Wildman–Crippen LogP) is 4.12. The van der Waals surface area contributed by atoms with Gasteiger partial charge in [0.1, 0.15) is 5.60 Å². The molecule has 0 bridgehead atoms. The van der Waals surface area contributed by atoms with Gasteiger partial charge in [-0.15, -0.1) is 0 Å². The number of hydrogen-bond acceptors (Lipinski definition) is 3. The normalized spacial score (nSPS) is 19.7. The Labute approximate surface area is 173 Å². The molecular weight excluding hydrogens is 358 g/mol. The van der Waals surface area contributed by atoms with Crippen LogP contribution in [0.15, 0.2) is 36.5 Å². The van der Waals surface area contributed by atoms with Gasteiger partial charge in [-0.2, -0.15) is 0 Å². The maximum absolute atomic E-state index is 11.5. The fraction of sp³-hybridized carbons (Fsp3) is 0.480. The number of nitrogens with zero attached hydrogens (tertiary/aromatic N) is 3. The summed E-state index contributed by atoms with van der Waals surface area (Å²) in [5.74, 6) is 0. The summed E-state index contributed by atoms with van der Waals surface area (Å²) in [7, 11) is 0. The van der Waals surface area contributed by atoms with Crippen molar-refractivity contribution in [2.45, 2.75) is 64.6 Å². The number of aromatic nitrogens is 2. The largest absolute Gasteiger partial charge is 0.384 e. The van der Waals surface area contributed by atoms with Gasteiger partial charge in [0.25, 0.3) is 0 Å². The lowest BCUT2D eigenvalue weighted by Crippen LogP contribution is -2.30. The zero-order valence-corrected chi connectivity index (χ0v) is 17.8. The van der Waals surface area contributed by atoms with E-state index in [1.807, 2.05) is 26.0 Å². The second-order valence-corrected chi connectivity index (χ2v) is 9.26. The van der Waals surface area contributed by atoms with E-state index in [0.717, 1.165) is 43.2 Å². The Bertz CT molecular complexity index is 1060. The number of pyridine rings is 1. The Balaban J connectivity index is 1.58. The summed E-state index contributed by atoms with van der Waals surface area (Å²) in [5, 5.41) is 12.8. The van der Waals surface area contributed by atoms with Crippen molar-refractivity contribution in [3.8, 4) is 0 Å². The van der Waals surface area contributed by atoms with Gasteiger partial charge in [-0.05, 0) is 75.4 Å². The molecule has 0 spiro atoms. The van der Waals surface area contributed by atoms with E-state index in [1.165, 1.54) is 40.6 Å². The first-order valence-electron chi connectivity index (χ1n) is 10.9. The van der Waals surface area contributed by atoms with Crippen LogP contribution < -0.4 is 0 Å². The summed E-state index contributed by atoms with van der Waals surface area (Å²) >= 11 is 0. The van der Waals surface area contributed by atoms with E-state index >= 15 is 0 Å². The molecule has 1 unspecified atom stereocenters. The van der Waals surface area contributed by atoms with Crippen LogP contribution in [0, 0.1) is 13.8 Å². The van der Waals surface area contributed by atoms with E-state index in [2.05, 4.69) is 39.6 Å². The first kappa shape index (κ1) is 18.8. The topological polar surface area (TPSA) is 41.3 Å². The molecule has 1 aliphatic heterocycles. The Morgan fingerprint density at radius 1 is 1.10 bits per heavy atom. The van der Waals surface area contributed by atoms with Gasteiger partial charge in [-0.25, -0.2) is 0 Å². The lowest BCUT2D eigenvalue weighted by atomic mass is 9.96. The quantitative estimate of drug-likeness (QED) is 0.730. The molecule has 0 saturated heterocycles. The highest BCUT2D eigenvalue weighted by Crippen LogP contribution is 2.35. The average molecular weight is 390 g/mol. The maximum atomic E-state index is 11.5. The molecule has 2 aliphatic rings. The molecule has 29 heavy (non-hydrogen) atoms. The minimum absolute atomic E-state index is 0.564. The minimum atomic E-state index is -0.944. The molecule has 1 atom stereocenters. The van der Waals surface area contributed by atoms with Crippen LogP contribution in [-0.4, -0.2) is 38.7 Å². The first-order valence-corrected chi connectivity index (χ1v) is 10.9. The fourth-order valence-corrected chi connectivity index (χ4v) is 5.04. The molecule has 1 aliphatic carbocycles. The molecule has 3 aromatic rings. The summed E-state index contributed by atoms with van der Waals surface area (Å²) in [4.78, 5) is 6.98. The van der Waals surface area contributed by atoms with Gasteiger partial charge in [0.05, 0.1) is 6.54 Å². The summed E-state index contributed by atoms with van der Waals surface area (Å²) < 4.78 is 2.40. The lowest BCUT2D eigenvalue weighted by Gasteiger charge is -2.27. The van der Waals surface area contributed by atoms with Crippen molar-refractivity contribution in [3.05, 3.63) is 64.6 Å². The molecule has 5 rings (SSSR count). The monoisotopic (exact) mass is 389 g/mol. The third-order valence-corrected chi connectivity index (χ3v) is 6.77. The summed E-state index contributed by atoms with van der Waals surface area (Å²) in [6.45, 7) is 8.93. The van der Waals surface area contributed by atoms with E-state index in [0.29, 0.717) is 6.54 Å². The molecule has 0 amide bonds. The van der Waals surface area contributed by atoms with Crippen LogP contribution in [0.3, 0.4) is 0 Å². The first-order chi connectivity index (χ1) is 13.9. The zero-order valence-electron chi connectivity index (χ0n) is 17.8. The Morgan fingerprint density at radius 3 is 2.66 bits per heavy atom. The molecular formula is C25H31N3O. The minimum Gasteiger partial charge on any atom is -0.384 e. The van der Waals surface area contributed by atoms with Crippen molar-refractivity contribution in [1.29, 1.82) is 0 Å². The SMILES string of the molecule is Cc1ccc2c(c1)c1c(n2CC(C)(O)c2ccnc(C)c2)CCN(C2CC2)CC1. The highest BCUT2D eigenvalue weighted by molar-refractivity contribution is 5.86. The van der Waals surface area contributed by atoms with Gasteiger partial charge in [0.15, 0.2) is 0 Å². The molecule has 1 fully saturated rings. The molecule has 0 radical (unpaired) electrons. The molecule has 2 aromatic heterocycles. The number of aliphatic hydroxyl groups is 1. The highest BCUT2D eigenvalue weighted by Gasteiger charge is 2.33. The van der Waals surface area contributed by atoms with Gasteiger partial charge in [-0.1, -0.05) is 11.6 Å². The molecule has 3 heterocycles. The molecule has 4 nitrogen and oxygen atoms in total. The van der Waals surface area contributed by atoms with Crippen molar-refractivity contribution >= 4 is 10.9 Å². The van der Waals surface area contributed by atoms with E-state index in [1.54, 1.807) is 6.20 Å². The summed E-state index contributed by atoms with van der Waals surface area (Å²) in [6, 6.07) is 11.5. The molecule has 4 heteroatoms. The Hall–Kier alpha value is -2.17. The fourth-order valence-electron chi connectivity index (χ4n) is 5.04. The van der Waals surface area contributed by atoms with Crippen LogP contribution in [0.25, 0.3) is 10.9 Å². The third-order valence-electron chi connectivity index (χ3n) is 6.77. The molecule has 152 valence electrons. The van der Waals surface area contributed by atoms with Crippen molar-refractivity contribution in [3.63, 3.8) is 0 Å². The zero-order chi connectivity index (χ0) is 20.2. The maximum Gasteiger partial charge on any atom is 0.105 e. The van der Waals surface area contributed by atoms with Crippen molar-refractivity contribution < 1.29 is 5.11 Å². The van der Waals surface area contributed by atoms with Crippen molar-refractivity contribution in [2.24, 2.45) is 0 Å². The van der Waals surface area contributed by atoms with Crippen LogP contribution in [0.4, 0.5) is 0 Å².